The molecule has 3 nitrogen and oxygen atoms in total. The van der Waals surface area contributed by atoms with Crippen LogP contribution >= 0.6 is 0 Å². The second-order valence-corrected chi connectivity index (χ2v) is 4.86. The minimum absolute atomic E-state index is 0.0519. The molecule has 1 heterocycles. The third kappa shape index (κ3) is 2.72. The first-order valence-corrected chi connectivity index (χ1v) is 6.86. The summed E-state index contributed by atoms with van der Waals surface area (Å²) in [4.78, 5) is 14.3. The molecule has 2 atom stereocenters. The second kappa shape index (κ2) is 6.01. The number of carbonyl (C=O) groups is 1. The Bertz CT molecular complexity index is 391. The number of nitrogens with one attached hydrogen (secondary N) is 1. The van der Waals surface area contributed by atoms with Crippen LogP contribution in [0, 0.1) is 0 Å². The van der Waals surface area contributed by atoms with Gasteiger partial charge in [-0.2, -0.15) is 0 Å². The van der Waals surface area contributed by atoms with Gasteiger partial charge < -0.3 is 4.90 Å². The minimum atomic E-state index is -0.0519. The van der Waals surface area contributed by atoms with E-state index in [2.05, 4.69) is 31.3 Å². The fraction of sp³-hybridized carbons (Fsp3) is 0.533. The van der Waals surface area contributed by atoms with Crippen molar-refractivity contribution in [1.29, 1.82) is 0 Å². The maximum Gasteiger partial charge on any atom is 0.241 e. The summed E-state index contributed by atoms with van der Waals surface area (Å²) >= 11 is 0. The SMILES string of the molecule is CCCN1C(=O)C(Cc2ccccc2)NC1CC. The van der Waals surface area contributed by atoms with Gasteiger partial charge in [0.25, 0.3) is 0 Å². The van der Waals surface area contributed by atoms with Crippen molar-refractivity contribution >= 4 is 5.91 Å². The van der Waals surface area contributed by atoms with Crippen molar-refractivity contribution in [2.75, 3.05) is 6.54 Å². The van der Waals surface area contributed by atoms with E-state index in [1.807, 2.05) is 23.1 Å². The van der Waals surface area contributed by atoms with Gasteiger partial charge in [0.2, 0.25) is 5.91 Å². The predicted octanol–water partition coefficient (Wildman–Crippen LogP) is 2.18. The molecule has 0 spiro atoms. The molecule has 0 bridgehead atoms. The molecule has 1 amide bonds. The average molecular weight is 246 g/mol. The Balaban J connectivity index is 2.04. The van der Waals surface area contributed by atoms with Crippen LogP contribution in [0.3, 0.4) is 0 Å². The van der Waals surface area contributed by atoms with Crippen molar-refractivity contribution < 1.29 is 4.79 Å². The molecule has 18 heavy (non-hydrogen) atoms. The summed E-state index contributed by atoms with van der Waals surface area (Å²) in [6.45, 7) is 5.10. The largest absolute Gasteiger partial charge is 0.326 e. The molecule has 1 N–H and O–H groups in total. The maximum atomic E-state index is 12.3. The van der Waals surface area contributed by atoms with Crippen LogP contribution in [-0.4, -0.2) is 29.6 Å². The first-order chi connectivity index (χ1) is 8.76. The third-order valence-corrected chi connectivity index (χ3v) is 3.48. The van der Waals surface area contributed by atoms with E-state index in [0.29, 0.717) is 0 Å². The van der Waals surface area contributed by atoms with Crippen LogP contribution in [0.15, 0.2) is 30.3 Å². The second-order valence-electron chi connectivity index (χ2n) is 4.86. The van der Waals surface area contributed by atoms with Crippen LogP contribution in [0.2, 0.25) is 0 Å². The molecule has 3 heteroatoms. The van der Waals surface area contributed by atoms with Gasteiger partial charge in [-0.3, -0.25) is 10.1 Å². The first kappa shape index (κ1) is 13.1. The van der Waals surface area contributed by atoms with Crippen molar-refractivity contribution in [3.63, 3.8) is 0 Å². The molecule has 1 fully saturated rings. The zero-order valence-corrected chi connectivity index (χ0v) is 11.2. The molecule has 1 aliphatic heterocycles. The van der Waals surface area contributed by atoms with Gasteiger partial charge in [0.05, 0.1) is 12.2 Å². The van der Waals surface area contributed by atoms with Crippen molar-refractivity contribution in [1.82, 2.24) is 10.2 Å². The van der Waals surface area contributed by atoms with Gasteiger partial charge in [0.15, 0.2) is 0 Å². The summed E-state index contributed by atoms with van der Waals surface area (Å²) < 4.78 is 0. The molecule has 2 unspecified atom stereocenters. The summed E-state index contributed by atoms with van der Waals surface area (Å²) in [6, 6.07) is 10.2. The van der Waals surface area contributed by atoms with Crippen LogP contribution in [0.25, 0.3) is 0 Å². The van der Waals surface area contributed by atoms with E-state index in [4.69, 9.17) is 0 Å². The highest BCUT2D eigenvalue weighted by Gasteiger charge is 2.36. The van der Waals surface area contributed by atoms with Gasteiger partial charge in [-0.25, -0.2) is 0 Å². The summed E-state index contributed by atoms with van der Waals surface area (Å²) in [6.07, 6.45) is 2.99. The molecule has 0 aromatic heterocycles. The summed E-state index contributed by atoms with van der Waals surface area (Å²) in [5.74, 6) is 0.257. The topological polar surface area (TPSA) is 32.3 Å². The van der Waals surface area contributed by atoms with Gasteiger partial charge in [0, 0.05) is 6.54 Å². The molecule has 0 radical (unpaired) electrons. The summed E-state index contributed by atoms with van der Waals surface area (Å²) in [7, 11) is 0. The van der Waals surface area contributed by atoms with E-state index in [1.54, 1.807) is 0 Å². The van der Waals surface area contributed by atoms with Crippen molar-refractivity contribution in [3.8, 4) is 0 Å². The molecule has 1 aliphatic rings. The molecule has 98 valence electrons. The van der Waals surface area contributed by atoms with E-state index >= 15 is 0 Å². The molecular formula is C15H22N2O. The zero-order valence-electron chi connectivity index (χ0n) is 11.2. The highest BCUT2D eigenvalue weighted by Crippen LogP contribution is 2.17. The van der Waals surface area contributed by atoms with Crippen LogP contribution < -0.4 is 5.32 Å². The summed E-state index contributed by atoms with van der Waals surface area (Å²) in [5.41, 5.74) is 1.22. The molecule has 0 aliphatic carbocycles. The molecular weight excluding hydrogens is 224 g/mol. The quantitative estimate of drug-likeness (QED) is 0.863. The molecule has 2 rings (SSSR count). The normalized spacial score (nSPS) is 23.7. The Hall–Kier alpha value is -1.35. The number of hydrogen-bond acceptors (Lipinski definition) is 2. The molecule has 1 saturated heterocycles. The third-order valence-electron chi connectivity index (χ3n) is 3.48. The number of amides is 1. The number of hydrogen-bond donors (Lipinski definition) is 1. The van der Waals surface area contributed by atoms with Gasteiger partial charge in [0.1, 0.15) is 0 Å². The van der Waals surface area contributed by atoms with E-state index in [0.717, 1.165) is 25.8 Å². The van der Waals surface area contributed by atoms with Crippen molar-refractivity contribution in [3.05, 3.63) is 35.9 Å². The van der Waals surface area contributed by atoms with Crippen LogP contribution in [0.5, 0.6) is 0 Å². The maximum absolute atomic E-state index is 12.3. The Kier molecular flexibility index (Phi) is 4.37. The fourth-order valence-electron chi connectivity index (χ4n) is 2.59. The highest BCUT2D eigenvalue weighted by molar-refractivity contribution is 5.84. The lowest BCUT2D eigenvalue weighted by atomic mass is 10.1. The van der Waals surface area contributed by atoms with Gasteiger partial charge in [-0.15, -0.1) is 0 Å². The minimum Gasteiger partial charge on any atom is -0.326 e. The Morgan fingerprint density at radius 1 is 1.22 bits per heavy atom. The van der Waals surface area contributed by atoms with Gasteiger partial charge in [-0.1, -0.05) is 44.2 Å². The molecule has 0 saturated carbocycles. The molecule has 1 aromatic carbocycles. The summed E-state index contributed by atoms with van der Waals surface area (Å²) in [5, 5.41) is 3.45. The number of nitrogens with zero attached hydrogens (tertiary/aromatic N) is 1. The van der Waals surface area contributed by atoms with E-state index in [-0.39, 0.29) is 18.1 Å². The highest BCUT2D eigenvalue weighted by atomic mass is 16.2. The van der Waals surface area contributed by atoms with E-state index in [1.165, 1.54) is 5.56 Å². The lowest BCUT2D eigenvalue weighted by Gasteiger charge is -2.22. The smallest absolute Gasteiger partial charge is 0.241 e. The number of benzene rings is 1. The lowest BCUT2D eigenvalue weighted by Crippen LogP contribution is -2.37. The van der Waals surface area contributed by atoms with Crippen LogP contribution in [-0.2, 0) is 11.2 Å². The Morgan fingerprint density at radius 2 is 1.94 bits per heavy atom. The Morgan fingerprint density at radius 3 is 2.56 bits per heavy atom. The zero-order chi connectivity index (χ0) is 13.0. The number of rotatable bonds is 5. The van der Waals surface area contributed by atoms with Crippen molar-refractivity contribution in [2.24, 2.45) is 0 Å². The van der Waals surface area contributed by atoms with Crippen LogP contribution in [0.1, 0.15) is 32.3 Å². The van der Waals surface area contributed by atoms with Crippen LogP contribution in [0.4, 0.5) is 0 Å². The standard InChI is InChI=1S/C15H22N2O/c1-3-10-17-14(4-2)16-13(15(17)18)11-12-8-6-5-7-9-12/h5-9,13-14,16H,3-4,10-11H2,1-2H3. The van der Waals surface area contributed by atoms with Gasteiger partial charge >= 0.3 is 0 Å². The van der Waals surface area contributed by atoms with E-state index < -0.39 is 0 Å². The Labute approximate surface area is 109 Å². The van der Waals surface area contributed by atoms with Crippen molar-refractivity contribution in [2.45, 2.75) is 45.3 Å². The number of carbonyl (C=O) groups excluding carboxylic acids is 1. The fourth-order valence-corrected chi connectivity index (χ4v) is 2.59. The first-order valence-electron chi connectivity index (χ1n) is 6.86. The van der Waals surface area contributed by atoms with E-state index in [9.17, 15) is 4.79 Å². The predicted molar refractivity (Wildman–Crippen MR) is 73.2 cm³/mol. The lowest BCUT2D eigenvalue weighted by molar-refractivity contribution is -0.130. The average Bonchev–Trinajstić information content (AvgIpc) is 2.69. The molecule has 1 aromatic rings. The van der Waals surface area contributed by atoms with Gasteiger partial charge in [-0.05, 0) is 24.8 Å². The monoisotopic (exact) mass is 246 g/mol.